The molecule has 0 amide bonds. The fourth-order valence-corrected chi connectivity index (χ4v) is 3.33. The van der Waals surface area contributed by atoms with Crippen molar-refractivity contribution in [2.75, 3.05) is 0 Å². The number of aliphatic hydroxyl groups is 1. The minimum atomic E-state index is -1.12. The minimum Gasteiger partial charge on any atom is -0.478 e. The zero-order valence-electron chi connectivity index (χ0n) is 14.8. The van der Waals surface area contributed by atoms with Crippen molar-refractivity contribution in [3.63, 3.8) is 0 Å². The lowest BCUT2D eigenvalue weighted by atomic mass is 9.69. The number of esters is 1. The van der Waals surface area contributed by atoms with Crippen LogP contribution >= 0.6 is 0 Å². The fourth-order valence-electron chi connectivity index (χ4n) is 3.33. The average Bonchev–Trinajstić information content (AvgIpc) is 2.87. The third-order valence-corrected chi connectivity index (χ3v) is 5.50. The van der Waals surface area contributed by atoms with Crippen LogP contribution in [0.25, 0.3) is 0 Å². The number of carbonyl (C=O) groups is 2. The molecule has 3 atom stereocenters. The van der Waals surface area contributed by atoms with E-state index in [1.54, 1.807) is 12.2 Å². The van der Waals surface area contributed by atoms with Crippen LogP contribution in [0.2, 0.25) is 0 Å². The Balaban J connectivity index is 2.13. The number of aliphatic hydroxyl groups excluding tert-OH is 1. The molecular formula is C20H26O5. The summed E-state index contributed by atoms with van der Waals surface area (Å²) in [5.41, 5.74) is 1.50. The summed E-state index contributed by atoms with van der Waals surface area (Å²) >= 11 is 0. The van der Waals surface area contributed by atoms with Crippen LogP contribution in [0.3, 0.4) is 0 Å². The van der Waals surface area contributed by atoms with E-state index in [1.807, 2.05) is 6.08 Å². The van der Waals surface area contributed by atoms with Crippen LogP contribution in [0.5, 0.6) is 0 Å². The summed E-state index contributed by atoms with van der Waals surface area (Å²) in [6, 6.07) is 0. The van der Waals surface area contributed by atoms with Gasteiger partial charge in [-0.3, -0.25) is 0 Å². The van der Waals surface area contributed by atoms with E-state index in [4.69, 9.17) is 4.74 Å². The molecule has 5 heteroatoms. The maximum atomic E-state index is 11.3. The first kappa shape index (κ1) is 19.2. The second-order valence-corrected chi connectivity index (χ2v) is 7.22. The molecule has 2 rings (SSSR count). The number of hydrogen-bond acceptors (Lipinski definition) is 4. The van der Waals surface area contributed by atoms with Gasteiger partial charge in [-0.25, -0.2) is 9.59 Å². The highest BCUT2D eigenvalue weighted by molar-refractivity contribution is 5.91. The van der Waals surface area contributed by atoms with Crippen LogP contribution in [0.1, 0.15) is 46.0 Å². The van der Waals surface area contributed by atoms with Crippen LogP contribution < -0.4 is 0 Å². The molecule has 0 bridgehead atoms. The van der Waals surface area contributed by atoms with Gasteiger partial charge in [-0.15, -0.1) is 0 Å². The molecule has 1 heterocycles. The highest BCUT2D eigenvalue weighted by atomic mass is 16.6. The SMILES string of the molecule is C=C1CCC(C)C(C)(CCC2=CC(=O)OC2O)C/C=C\C=C/1C(=O)O. The summed E-state index contributed by atoms with van der Waals surface area (Å²) in [6.45, 7) is 8.28. The molecule has 3 unspecified atom stereocenters. The second-order valence-electron chi connectivity index (χ2n) is 7.22. The number of cyclic esters (lactones) is 1. The summed E-state index contributed by atoms with van der Waals surface area (Å²) in [7, 11) is 0. The topological polar surface area (TPSA) is 83.8 Å². The van der Waals surface area contributed by atoms with E-state index >= 15 is 0 Å². The number of allylic oxidation sites excluding steroid dienone is 3. The molecule has 0 aromatic carbocycles. The van der Waals surface area contributed by atoms with Gasteiger partial charge < -0.3 is 14.9 Å². The number of ether oxygens (including phenoxy) is 1. The predicted octanol–water partition coefficient (Wildman–Crippen LogP) is 3.52. The van der Waals surface area contributed by atoms with Gasteiger partial charge in [0.15, 0.2) is 0 Å². The van der Waals surface area contributed by atoms with Gasteiger partial charge in [-0.1, -0.05) is 32.6 Å². The zero-order chi connectivity index (χ0) is 18.6. The van der Waals surface area contributed by atoms with E-state index in [0.717, 1.165) is 19.3 Å². The van der Waals surface area contributed by atoms with Crippen LogP contribution in [0.15, 0.2) is 47.6 Å². The Kier molecular flexibility index (Phi) is 6.01. The van der Waals surface area contributed by atoms with E-state index in [9.17, 15) is 19.8 Å². The Morgan fingerprint density at radius 2 is 2.20 bits per heavy atom. The van der Waals surface area contributed by atoms with E-state index in [0.29, 0.717) is 29.9 Å². The van der Waals surface area contributed by atoms with E-state index < -0.39 is 18.2 Å². The van der Waals surface area contributed by atoms with E-state index in [1.165, 1.54) is 6.08 Å². The van der Waals surface area contributed by atoms with Gasteiger partial charge in [0.1, 0.15) is 0 Å². The molecule has 25 heavy (non-hydrogen) atoms. The van der Waals surface area contributed by atoms with Crippen LogP contribution in [-0.4, -0.2) is 28.4 Å². The van der Waals surface area contributed by atoms with Gasteiger partial charge in [0.2, 0.25) is 6.29 Å². The van der Waals surface area contributed by atoms with Gasteiger partial charge in [0, 0.05) is 11.6 Å². The highest BCUT2D eigenvalue weighted by Crippen LogP contribution is 2.42. The van der Waals surface area contributed by atoms with Gasteiger partial charge >= 0.3 is 11.9 Å². The lowest BCUT2D eigenvalue weighted by Crippen LogP contribution is -2.26. The lowest BCUT2D eigenvalue weighted by Gasteiger charge is -2.36. The molecule has 1 aliphatic heterocycles. The maximum Gasteiger partial charge on any atom is 0.335 e. The first-order chi connectivity index (χ1) is 11.7. The largest absolute Gasteiger partial charge is 0.478 e. The van der Waals surface area contributed by atoms with Crippen molar-refractivity contribution in [2.24, 2.45) is 11.3 Å². The van der Waals surface area contributed by atoms with Crippen LogP contribution in [0.4, 0.5) is 0 Å². The molecule has 1 aliphatic carbocycles. The number of hydrogen-bond donors (Lipinski definition) is 2. The molecule has 0 aromatic heterocycles. The zero-order valence-corrected chi connectivity index (χ0v) is 14.8. The Labute approximate surface area is 148 Å². The van der Waals surface area contributed by atoms with Crippen molar-refractivity contribution in [1.29, 1.82) is 0 Å². The van der Waals surface area contributed by atoms with Crippen molar-refractivity contribution in [3.05, 3.63) is 47.6 Å². The van der Waals surface area contributed by atoms with Crippen molar-refractivity contribution in [1.82, 2.24) is 0 Å². The normalized spacial score (nSPS) is 33.9. The number of aliphatic carboxylic acids is 1. The average molecular weight is 346 g/mol. The smallest absolute Gasteiger partial charge is 0.335 e. The van der Waals surface area contributed by atoms with Crippen molar-refractivity contribution in [3.8, 4) is 0 Å². The fraction of sp³-hybridized carbons (Fsp3) is 0.500. The van der Waals surface area contributed by atoms with Crippen molar-refractivity contribution in [2.45, 2.75) is 52.2 Å². The van der Waals surface area contributed by atoms with Gasteiger partial charge in [-0.05, 0) is 55.1 Å². The Morgan fingerprint density at radius 3 is 2.80 bits per heavy atom. The summed E-state index contributed by atoms with van der Waals surface area (Å²) in [5.74, 6) is -1.11. The monoisotopic (exact) mass is 346 g/mol. The highest BCUT2D eigenvalue weighted by Gasteiger charge is 2.32. The molecule has 0 saturated carbocycles. The van der Waals surface area contributed by atoms with E-state index in [-0.39, 0.29) is 11.0 Å². The molecule has 136 valence electrons. The molecule has 0 aromatic rings. The predicted molar refractivity (Wildman–Crippen MR) is 94.5 cm³/mol. The standard InChI is InChI=1S/C20H26O5/c1-13-7-8-14(2)20(3,10-5-4-6-16(13)18(22)23)11-9-15-12-17(21)25-19(15)24/h4-6,12,14,19,24H,1,7-11H2,2-3H3,(H,22,23)/b5-4-,16-6+. The number of carboxylic acids is 1. The first-order valence-electron chi connectivity index (χ1n) is 8.60. The number of rotatable bonds is 4. The minimum absolute atomic E-state index is 0.0302. The molecule has 0 fully saturated rings. The van der Waals surface area contributed by atoms with Gasteiger partial charge in [0.05, 0.1) is 5.57 Å². The first-order valence-corrected chi connectivity index (χ1v) is 8.60. The third kappa shape index (κ3) is 4.69. The molecular weight excluding hydrogens is 320 g/mol. The summed E-state index contributed by atoms with van der Waals surface area (Å²) in [4.78, 5) is 22.5. The summed E-state index contributed by atoms with van der Waals surface area (Å²) in [6.07, 6.45) is 9.29. The van der Waals surface area contributed by atoms with Crippen molar-refractivity contribution >= 4 is 11.9 Å². The molecule has 0 spiro atoms. The summed E-state index contributed by atoms with van der Waals surface area (Å²) < 4.78 is 4.74. The second kappa shape index (κ2) is 7.83. The van der Waals surface area contributed by atoms with E-state index in [2.05, 4.69) is 20.4 Å². The molecule has 2 N–H and O–H groups in total. The summed E-state index contributed by atoms with van der Waals surface area (Å²) in [5, 5.41) is 19.0. The Morgan fingerprint density at radius 1 is 1.48 bits per heavy atom. The van der Waals surface area contributed by atoms with Gasteiger partial charge in [-0.2, -0.15) is 0 Å². The number of carboxylic acid groups (broad SMARTS) is 1. The maximum absolute atomic E-state index is 11.3. The van der Waals surface area contributed by atoms with Crippen LogP contribution in [0, 0.1) is 11.3 Å². The molecule has 0 saturated heterocycles. The molecule has 5 nitrogen and oxygen atoms in total. The Hall–Kier alpha value is -2.14. The van der Waals surface area contributed by atoms with Crippen molar-refractivity contribution < 1.29 is 24.5 Å². The molecule has 0 radical (unpaired) electrons. The Bertz CT molecular complexity index is 655. The van der Waals surface area contributed by atoms with Crippen LogP contribution in [-0.2, 0) is 14.3 Å². The lowest BCUT2D eigenvalue weighted by molar-refractivity contribution is -0.151. The van der Waals surface area contributed by atoms with Gasteiger partial charge in [0.25, 0.3) is 0 Å². The number of carbonyl (C=O) groups excluding carboxylic acids is 1. The quantitative estimate of drug-likeness (QED) is 0.761. The molecule has 2 aliphatic rings. The third-order valence-electron chi connectivity index (χ3n) is 5.50.